The van der Waals surface area contributed by atoms with Crippen molar-refractivity contribution in [3.05, 3.63) is 122 Å². The first kappa shape index (κ1) is 21.7. The molecule has 0 heteroatoms. The van der Waals surface area contributed by atoms with Crippen LogP contribution in [0.2, 0.25) is 0 Å². The van der Waals surface area contributed by atoms with Crippen LogP contribution in [0.3, 0.4) is 0 Å². The third kappa shape index (κ3) is 10.5. The summed E-state index contributed by atoms with van der Waals surface area (Å²) in [5.74, 6) is 0.893. The van der Waals surface area contributed by atoms with Gasteiger partial charge in [-0.05, 0) is 50.5 Å². The molecule has 0 fully saturated rings. The van der Waals surface area contributed by atoms with Gasteiger partial charge >= 0.3 is 0 Å². The van der Waals surface area contributed by atoms with E-state index in [1.165, 1.54) is 0 Å². The highest BCUT2D eigenvalue weighted by Gasteiger charge is 2.12. The largest absolute Gasteiger partial charge is 0.0876 e. The van der Waals surface area contributed by atoms with Crippen molar-refractivity contribution in [2.24, 2.45) is 11.8 Å². The molecular formula is C28H33. The zero-order valence-electron chi connectivity index (χ0n) is 16.9. The molecular weight excluding hydrogens is 336 g/mol. The van der Waals surface area contributed by atoms with Crippen molar-refractivity contribution >= 4 is 0 Å². The molecule has 0 saturated heterocycles. The Morgan fingerprint density at radius 2 is 1.25 bits per heavy atom. The van der Waals surface area contributed by atoms with E-state index >= 15 is 0 Å². The second kappa shape index (κ2) is 15.5. The highest BCUT2D eigenvalue weighted by atomic mass is 14.2. The average molecular weight is 370 g/mol. The highest BCUT2D eigenvalue weighted by molar-refractivity contribution is 5.16. The van der Waals surface area contributed by atoms with Crippen molar-refractivity contribution < 1.29 is 0 Å². The van der Waals surface area contributed by atoms with E-state index in [2.05, 4.69) is 109 Å². The summed E-state index contributed by atoms with van der Waals surface area (Å²) in [6, 6.07) is 0. The first-order valence-electron chi connectivity index (χ1n) is 10.5. The lowest BCUT2D eigenvalue weighted by molar-refractivity contribution is 0.560. The van der Waals surface area contributed by atoms with Gasteiger partial charge in [0, 0.05) is 5.92 Å². The average Bonchev–Trinajstić information content (AvgIpc) is 2.71. The summed E-state index contributed by atoms with van der Waals surface area (Å²) >= 11 is 0. The van der Waals surface area contributed by atoms with Gasteiger partial charge in [-0.25, -0.2) is 0 Å². The van der Waals surface area contributed by atoms with Crippen molar-refractivity contribution in [1.82, 2.24) is 0 Å². The molecule has 0 spiro atoms. The van der Waals surface area contributed by atoms with Gasteiger partial charge in [0.15, 0.2) is 0 Å². The van der Waals surface area contributed by atoms with Crippen LogP contribution >= 0.6 is 0 Å². The van der Waals surface area contributed by atoms with Crippen LogP contribution in [0.15, 0.2) is 115 Å². The fraction of sp³-hybridized carbons (Fsp3) is 0.286. The minimum atomic E-state index is 0.414. The van der Waals surface area contributed by atoms with Gasteiger partial charge in [0.25, 0.3) is 0 Å². The zero-order valence-corrected chi connectivity index (χ0v) is 16.9. The first-order chi connectivity index (χ1) is 14.0. The van der Waals surface area contributed by atoms with Gasteiger partial charge in [-0.1, -0.05) is 115 Å². The molecule has 145 valence electrons. The van der Waals surface area contributed by atoms with E-state index in [4.69, 9.17) is 0 Å². The summed E-state index contributed by atoms with van der Waals surface area (Å²) < 4.78 is 0. The van der Waals surface area contributed by atoms with E-state index in [-0.39, 0.29) is 0 Å². The summed E-state index contributed by atoms with van der Waals surface area (Å²) in [6.45, 7) is 0. The molecule has 0 bridgehead atoms. The number of rotatable bonds is 1. The van der Waals surface area contributed by atoms with Crippen molar-refractivity contribution in [1.29, 1.82) is 0 Å². The molecule has 28 heavy (non-hydrogen) atoms. The second-order valence-corrected chi connectivity index (χ2v) is 6.91. The van der Waals surface area contributed by atoms with E-state index in [1.54, 1.807) is 0 Å². The third-order valence-electron chi connectivity index (χ3n) is 4.63. The molecule has 0 aromatic rings. The fourth-order valence-electron chi connectivity index (χ4n) is 3.09. The van der Waals surface area contributed by atoms with Crippen molar-refractivity contribution in [2.75, 3.05) is 0 Å². The smallest absolute Gasteiger partial charge is 0.00125 e. The molecule has 0 N–H and O–H groups in total. The van der Waals surface area contributed by atoms with Crippen molar-refractivity contribution in [3.63, 3.8) is 0 Å². The summed E-state index contributed by atoms with van der Waals surface area (Å²) in [5, 5.41) is 0. The van der Waals surface area contributed by atoms with Crippen LogP contribution in [0.5, 0.6) is 0 Å². The maximum atomic E-state index is 3.32. The molecule has 2 unspecified atom stereocenters. The molecule has 0 aliphatic heterocycles. The third-order valence-corrected chi connectivity index (χ3v) is 4.63. The molecule has 2 rings (SSSR count). The Kier molecular flexibility index (Phi) is 12.0. The molecule has 0 aromatic carbocycles. The molecule has 2 aliphatic carbocycles. The van der Waals surface area contributed by atoms with Gasteiger partial charge in [-0.2, -0.15) is 0 Å². The van der Waals surface area contributed by atoms with Crippen LogP contribution in [-0.4, -0.2) is 0 Å². The standard InChI is InChI=1S/C28H33/c1-3-7-11-15-19-23-27(24-20-16-12-8-4-1)28-25-21-17-13-9-5-2-6-10-14-18-22-26-28/h1-11,16,19-23,25-28H,12-13,15,17-18,24H2. The minimum absolute atomic E-state index is 0.414. The van der Waals surface area contributed by atoms with E-state index in [1.807, 2.05) is 12.2 Å². The van der Waals surface area contributed by atoms with Crippen molar-refractivity contribution in [3.8, 4) is 0 Å². The summed E-state index contributed by atoms with van der Waals surface area (Å²) in [4.78, 5) is 0. The molecule has 0 heterocycles. The van der Waals surface area contributed by atoms with Crippen LogP contribution in [-0.2, 0) is 0 Å². The molecule has 2 aliphatic rings. The van der Waals surface area contributed by atoms with Crippen molar-refractivity contribution in [2.45, 2.75) is 38.5 Å². The lowest BCUT2D eigenvalue weighted by Crippen LogP contribution is -2.07. The fourth-order valence-corrected chi connectivity index (χ4v) is 3.09. The molecule has 0 saturated carbocycles. The Bertz CT molecular complexity index is 698. The maximum Gasteiger partial charge on any atom is 0.00125 e. The summed E-state index contributed by atoms with van der Waals surface area (Å²) in [5.41, 5.74) is 0. The molecule has 1 radical (unpaired) electrons. The van der Waals surface area contributed by atoms with Gasteiger partial charge < -0.3 is 0 Å². The van der Waals surface area contributed by atoms with Crippen LogP contribution in [0.1, 0.15) is 38.5 Å². The molecule has 0 aromatic heterocycles. The van der Waals surface area contributed by atoms with Crippen LogP contribution in [0.25, 0.3) is 0 Å². The molecule has 0 nitrogen and oxygen atoms in total. The minimum Gasteiger partial charge on any atom is -0.0876 e. The second-order valence-electron chi connectivity index (χ2n) is 6.91. The van der Waals surface area contributed by atoms with Crippen LogP contribution < -0.4 is 0 Å². The van der Waals surface area contributed by atoms with Gasteiger partial charge in [0.1, 0.15) is 0 Å². The summed E-state index contributed by atoms with van der Waals surface area (Å²) in [6.07, 6.45) is 51.3. The van der Waals surface area contributed by atoms with E-state index in [0.29, 0.717) is 11.8 Å². The van der Waals surface area contributed by atoms with Gasteiger partial charge in [-0.15, -0.1) is 0 Å². The predicted octanol–water partition coefficient (Wildman–Crippen LogP) is 7.95. The Hall–Kier alpha value is -2.60. The number of hydrogen-bond acceptors (Lipinski definition) is 0. The highest BCUT2D eigenvalue weighted by Crippen LogP contribution is 2.23. The maximum absolute atomic E-state index is 3.32. The van der Waals surface area contributed by atoms with Gasteiger partial charge in [0.2, 0.25) is 0 Å². The van der Waals surface area contributed by atoms with Crippen LogP contribution in [0, 0.1) is 17.9 Å². The topological polar surface area (TPSA) is 0 Å². The van der Waals surface area contributed by atoms with Gasteiger partial charge in [-0.3, -0.25) is 0 Å². The molecule has 2 atom stereocenters. The summed E-state index contributed by atoms with van der Waals surface area (Å²) in [7, 11) is 0. The molecule has 0 amide bonds. The SMILES string of the molecule is [C]1=CC=CC=CCCC=CC(C2C=CCC=CC=CC=CCC=CC2)C=CC1. The van der Waals surface area contributed by atoms with Gasteiger partial charge in [0.05, 0.1) is 0 Å². The van der Waals surface area contributed by atoms with E-state index in [0.717, 1.165) is 38.5 Å². The van der Waals surface area contributed by atoms with Crippen LogP contribution in [0.4, 0.5) is 0 Å². The predicted molar refractivity (Wildman–Crippen MR) is 125 cm³/mol. The Labute approximate surface area is 172 Å². The Morgan fingerprint density at radius 1 is 0.536 bits per heavy atom. The lowest BCUT2D eigenvalue weighted by atomic mass is 9.87. The number of allylic oxidation sites excluding steroid dienone is 20. The normalized spacial score (nSPS) is 24.3. The quantitative estimate of drug-likeness (QED) is 0.411. The first-order valence-corrected chi connectivity index (χ1v) is 10.5. The Morgan fingerprint density at radius 3 is 2.14 bits per heavy atom. The number of hydrogen-bond donors (Lipinski definition) is 0. The monoisotopic (exact) mass is 369 g/mol. The zero-order chi connectivity index (χ0) is 19.5. The van der Waals surface area contributed by atoms with E-state index < -0.39 is 0 Å². The lowest BCUT2D eigenvalue weighted by Gasteiger charge is -2.18. The Balaban J connectivity index is 2.14. The van der Waals surface area contributed by atoms with E-state index in [9.17, 15) is 0 Å².